The highest BCUT2D eigenvalue weighted by Gasteiger charge is 2.17. The molecule has 1 aliphatic rings. The summed E-state index contributed by atoms with van der Waals surface area (Å²) in [4.78, 5) is 0. The molecule has 2 N–H and O–H groups in total. The maximum absolute atomic E-state index is 3.70. The molecular formula is C14H22N2. The molecule has 2 nitrogen and oxygen atoms in total. The lowest BCUT2D eigenvalue weighted by molar-refractivity contribution is 0.782. The summed E-state index contributed by atoms with van der Waals surface area (Å²) in [5, 5.41) is 7.09. The summed E-state index contributed by atoms with van der Waals surface area (Å²) in [5.74, 6) is 0.580. The highest BCUT2D eigenvalue weighted by atomic mass is 15.0. The molecule has 16 heavy (non-hydrogen) atoms. The number of para-hydroxylation sites is 1. The molecule has 1 fully saturated rings. The van der Waals surface area contributed by atoms with Gasteiger partial charge in [0.2, 0.25) is 0 Å². The Morgan fingerprint density at radius 3 is 2.81 bits per heavy atom. The van der Waals surface area contributed by atoms with Crippen LogP contribution < -0.4 is 10.6 Å². The fourth-order valence-corrected chi connectivity index (χ4v) is 2.35. The van der Waals surface area contributed by atoms with Crippen LogP contribution in [-0.4, -0.2) is 19.1 Å². The van der Waals surface area contributed by atoms with Crippen molar-refractivity contribution in [2.24, 2.45) is 0 Å². The Labute approximate surface area is 98.4 Å². The second-order valence-electron chi connectivity index (χ2n) is 5.03. The SMILES string of the molecule is Cc1cccc(C(C)C)c1NC1CCNC1. The van der Waals surface area contributed by atoms with E-state index < -0.39 is 0 Å². The van der Waals surface area contributed by atoms with Gasteiger partial charge in [-0.2, -0.15) is 0 Å². The minimum Gasteiger partial charge on any atom is -0.381 e. The summed E-state index contributed by atoms with van der Waals surface area (Å²) in [6.07, 6.45) is 1.23. The molecule has 0 radical (unpaired) electrons. The Bertz CT molecular complexity index is 352. The lowest BCUT2D eigenvalue weighted by atomic mass is 9.97. The number of aryl methyl sites for hydroxylation is 1. The van der Waals surface area contributed by atoms with Crippen molar-refractivity contribution in [3.63, 3.8) is 0 Å². The molecule has 1 atom stereocenters. The van der Waals surface area contributed by atoms with Crippen molar-refractivity contribution < 1.29 is 0 Å². The molecule has 1 aromatic carbocycles. The Balaban J connectivity index is 2.23. The van der Waals surface area contributed by atoms with Crippen LogP contribution in [0.4, 0.5) is 5.69 Å². The van der Waals surface area contributed by atoms with Gasteiger partial charge in [-0.25, -0.2) is 0 Å². The summed E-state index contributed by atoms with van der Waals surface area (Å²) >= 11 is 0. The van der Waals surface area contributed by atoms with E-state index in [0.29, 0.717) is 12.0 Å². The zero-order valence-corrected chi connectivity index (χ0v) is 10.5. The third-order valence-electron chi connectivity index (χ3n) is 3.34. The maximum atomic E-state index is 3.70. The summed E-state index contributed by atoms with van der Waals surface area (Å²) in [6, 6.07) is 7.18. The Morgan fingerprint density at radius 1 is 1.38 bits per heavy atom. The molecule has 2 heteroatoms. The van der Waals surface area contributed by atoms with Gasteiger partial charge in [0, 0.05) is 18.3 Å². The zero-order valence-electron chi connectivity index (χ0n) is 10.5. The highest BCUT2D eigenvalue weighted by molar-refractivity contribution is 5.59. The Morgan fingerprint density at radius 2 is 2.19 bits per heavy atom. The second-order valence-corrected chi connectivity index (χ2v) is 5.03. The van der Waals surface area contributed by atoms with E-state index in [1.165, 1.54) is 23.2 Å². The molecule has 88 valence electrons. The van der Waals surface area contributed by atoms with Crippen LogP contribution in [0.15, 0.2) is 18.2 Å². The minimum absolute atomic E-state index is 0.580. The van der Waals surface area contributed by atoms with Gasteiger partial charge in [0.25, 0.3) is 0 Å². The van der Waals surface area contributed by atoms with Crippen LogP contribution in [0.2, 0.25) is 0 Å². The van der Waals surface area contributed by atoms with Crippen LogP contribution in [0.5, 0.6) is 0 Å². The average molecular weight is 218 g/mol. The van der Waals surface area contributed by atoms with E-state index in [-0.39, 0.29) is 0 Å². The molecule has 0 amide bonds. The molecule has 1 aliphatic heterocycles. The first-order valence-electron chi connectivity index (χ1n) is 6.25. The second kappa shape index (κ2) is 4.88. The van der Waals surface area contributed by atoms with Crippen molar-refractivity contribution in [3.8, 4) is 0 Å². The Kier molecular flexibility index (Phi) is 3.49. The van der Waals surface area contributed by atoms with Crippen LogP contribution >= 0.6 is 0 Å². The van der Waals surface area contributed by atoms with E-state index >= 15 is 0 Å². The summed E-state index contributed by atoms with van der Waals surface area (Å²) in [6.45, 7) is 8.93. The van der Waals surface area contributed by atoms with E-state index in [0.717, 1.165) is 13.1 Å². The molecule has 0 saturated carbocycles. The van der Waals surface area contributed by atoms with Crippen molar-refractivity contribution in [1.82, 2.24) is 5.32 Å². The fourth-order valence-electron chi connectivity index (χ4n) is 2.35. The first-order valence-corrected chi connectivity index (χ1v) is 6.25. The summed E-state index contributed by atoms with van der Waals surface area (Å²) in [5.41, 5.74) is 4.15. The average Bonchev–Trinajstić information content (AvgIpc) is 2.73. The van der Waals surface area contributed by atoms with Gasteiger partial charge in [-0.1, -0.05) is 32.0 Å². The van der Waals surface area contributed by atoms with Crippen molar-refractivity contribution >= 4 is 5.69 Å². The standard InChI is InChI=1S/C14H22N2/c1-10(2)13-6-4-5-11(3)14(13)16-12-7-8-15-9-12/h4-6,10,12,15-16H,7-9H2,1-3H3. The van der Waals surface area contributed by atoms with Crippen LogP contribution in [0, 0.1) is 6.92 Å². The van der Waals surface area contributed by atoms with Crippen molar-refractivity contribution in [2.75, 3.05) is 18.4 Å². The Hall–Kier alpha value is -1.02. The van der Waals surface area contributed by atoms with Gasteiger partial charge in [0.05, 0.1) is 0 Å². The smallest absolute Gasteiger partial charge is 0.0407 e. The predicted molar refractivity (Wildman–Crippen MR) is 70.2 cm³/mol. The maximum Gasteiger partial charge on any atom is 0.0407 e. The molecule has 0 aliphatic carbocycles. The van der Waals surface area contributed by atoms with E-state index in [1.807, 2.05) is 0 Å². The molecule has 0 aromatic heterocycles. The van der Waals surface area contributed by atoms with Gasteiger partial charge in [-0.15, -0.1) is 0 Å². The van der Waals surface area contributed by atoms with Gasteiger partial charge in [0.15, 0.2) is 0 Å². The van der Waals surface area contributed by atoms with Crippen LogP contribution in [0.1, 0.15) is 37.3 Å². The third kappa shape index (κ3) is 2.38. The minimum atomic E-state index is 0.580. The molecule has 1 aromatic rings. The summed E-state index contributed by atoms with van der Waals surface area (Å²) in [7, 11) is 0. The number of hydrogen-bond acceptors (Lipinski definition) is 2. The van der Waals surface area contributed by atoms with Gasteiger partial charge < -0.3 is 10.6 Å². The van der Waals surface area contributed by atoms with Crippen LogP contribution in [-0.2, 0) is 0 Å². The molecule has 1 saturated heterocycles. The lowest BCUT2D eigenvalue weighted by Crippen LogP contribution is -2.23. The third-order valence-corrected chi connectivity index (χ3v) is 3.34. The van der Waals surface area contributed by atoms with Gasteiger partial charge in [-0.05, 0) is 36.9 Å². The van der Waals surface area contributed by atoms with E-state index in [1.54, 1.807) is 0 Å². The largest absolute Gasteiger partial charge is 0.381 e. The lowest BCUT2D eigenvalue weighted by Gasteiger charge is -2.20. The molecular weight excluding hydrogens is 196 g/mol. The number of nitrogens with one attached hydrogen (secondary N) is 2. The van der Waals surface area contributed by atoms with Crippen molar-refractivity contribution in [2.45, 2.75) is 39.2 Å². The van der Waals surface area contributed by atoms with Crippen LogP contribution in [0.25, 0.3) is 0 Å². The zero-order chi connectivity index (χ0) is 11.5. The molecule has 1 unspecified atom stereocenters. The number of anilines is 1. The number of benzene rings is 1. The van der Waals surface area contributed by atoms with Gasteiger partial charge in [-0.3, -0.25) is 0 Å². The summed E-state index contributed by atoms with van der Waals surface area (Å²) < 4.78 is 0. The molecule has 2 rings (SSSR count). The van der Waals surface area contributed by atoms with Crippen molar-refractivity contribution in [3.05, 3.63) is 29.3 Å². The van der Waals surface area contributed by atoms with E-state index in [4.69, 9.17) is 0 Å². The normalized spacial score (nSPS) is 20.4. The first-order chi connectivity index (χ1) is 7.68. The predicted octanol–water partition coefficient (Wildman–Crippen LogP) is 2.89. The monoisotopic (exact) mass is 218 g/mol. The van der Waals surface area contributed by atoms with E-state index in [2.05, 4.69) is 49.6 Å². The topological polar surface area (TPSA) is 24.1 Å². The van der Waals surface area contributed by atoms with Gasteiger partial charge >= 0.3 is 0 Å². The van der Waals surface area contributed by atoms with Gasteiger partial charge in [0.1, 0.15) is 0 Å². The molecule has 0 spiro atoms. The number of hydrogen-bond donors (Lipinski definition) is 2. The van der Waals surface area contributed by atoms with Crippen molar-refractivity contribution in [1.29, 1.82) is 0 Å². The first kappa shape index (κ1) is 11.5. The van der Waals surface area contributed by atoms with E-state index in [9.17, 15) is 0 Å². The fraction of sp³-hybridized carbons (Fsp3) is 0.571. The molecule has 0 bridgehead atoms. The quantitative estimate of drug-likeness (QED) is 0.815. The molecule has 1 heterocycles. The number of rotatable bonds is 3. The highest BCUT2D eigenvalue weighted by Crippen LogP contribution is 2.28. The van der Waals surface area contributed by atoms with Crippen LogP contribution in [0.3, 0.4) is 0 Å².